The number of aromatic hydroxyl groups is 1. The number of benzene rings is 3. The summed E-state index contributed by atoms with van der Waals surface area (Å²) >= 11 is 0. The van der Waals surface area contributed by atoms with Gasteiger partial charge >= 0.3 is 0 Å². The predicted octanol–water partition coefficient (Wildman–Crippen LogP) is 4.07. The average molecular weight is 436 g/mol. The van der Waals surface area contributed by atoms with E-state index in [1.807, 2.05) is 0 Å². The molecular weight excluding hydrogens is 420 g/mol. The number of fused-ring (bicyclic) bond motifs is 1. The summed E-state index contributed by atoms with van der Waals surface area (Å²) in [7, 11) is -8.94. The Morgan fingerprint density at radius 2 is 1.48 bits per heavy atom. The maximum absolute atomic E-state index is 11.5. The number of hydrogen-bond donors (Lipinski definition) is 3. The molecule has 11 heteroatoms. The molecular formula is C18H16N2O7S2. The fourth-order valence-corrected chi connectivity index (χ4v) is 4.19. The third-order valence-electron chi connectivity index (χ3n) is 4.24. The molecule has 152 valence electrons. The second-order valence-electron chi connectivity index (χ2n) is 6.35. The maximum Gasteiger partial charge on any atom is 0.296 e. The molecule has 0 amide bonds. The topological polar surface area (TPSA) is 154 Å². The highest BCUT2D eigenvalue weighted by molar-refractivity contribution is 7.86. The van der Waals surface area contributed by atoms with Crippen molar-refractivity contribution in [3.8, 4) is 5.75 Å². The molecule has 0 radical (unpaired) electrons. The minimum absolute atomic E-state index is 0.0466. The van der Waals surface area contributed by atoms with E-state index in [1.165, 1.54) is 30.3 Å². The molecule has 3 rings (SSSR count). The molecule has 0 aliphatic heterocycles. The van der Waals surface area contributed by atoms with Crippen molar-refractivity contribution in [1.29, 1.82) is 0 Å². The first-order chi connectivity index (χ1) is 13.4. The van der Waals surface area contributed by atoms with E-state index in [4.69, 9.17) is 0 Å². The van der Waals surface area contributed by atoms with Gasteiger partial charge in [0.15, 0.2) is 5.75 Å². The van der Waals surface area contributed by atoms with Crippen molar-refractivity contribution in [2.75, 3.05) is 0 Å². The molecule has 0 atom stereocenters. The molecule has 0 heterocycles. The van der Waals surface area contributed by atoms with E-state index in [-0.39, 0.29) is 22.0 Å². The van der Waals surface area contributed by atoms with Crippen LogP contribution in [0, 0.1) is 13.8 Å². The second-order valence-corrected chi connectivity index (χ2v) is 9.16. The summed E-state index contributed by atoms with van der Waals surface area (Å²) in [5.74, 6) is -0.285. The number of rotatable bonds is 4. The Morgan fingerprint density at radius 3 is 2.10 bits per heavy atom. The van der Waals surface area contributed by atoms with Crippen LogP contribution in [0.4, 0.5) is 11.4 Å². The van der Waals surface area contributed by atoms with Crippen LogP contribution in [0.1, 0.15) is 11.1 Å². The van der Waals surface area contributed by atoms with Gasteiger partial charge in [0.2, 0.25) is 0 Å². The molecule has 0 aliphatic rings. The van der Waals surface area contributed by atoms with Gasteiger partial charge in [0.1, 0.15) is 16.3 Å². The fraction of sp³-hybridized carbons (Fsp3) is 0.111. The molecule has 0 spiro atoms. The minimum Gasteiger partial charge on any atom is -0.505 e. The van der Waals surface area contributed by atoms with Crippen molar-refractivity contribution in [3.05, 3.63) is 53.6 Å². The van der Waals surface area contributed by atoms with Gasteiger partial charge in [0.05, 0.1) is 4.90 Å². The number of hydrogen-bond acceptors (Lipinski definition) is 7. The van der Waals surface area contributed by atoms with E-state index in [2.05, 4.69) is 10.2 Å². The number of phenolic OH excluding ortho intramolecular Hbond substituents is 1. The smallest absolute Gasteiger partial charge is 0.296 e. The van der Waals surface area contributed by atoms with E-state index in [0.717, 1.165) is 6.07 Å². The molecule has 29 heavy (non-hydrogen) atoms. The fourth-order valence-electron chi connectivity index (χ4n) is 2.96. The molecule has 3 N–H and O–H groups in total. The Morgan fingerprint density at radius 1 is 0.828 bits per heavy atom. The van der Waals surface area contributed by atoms with E-state index in [9.17, 15) is 31.0 Å². The van der Waals surface area contributed by atoms with Crippen LogP contribution < -0.4 is 0 Å². The molecule has 3 aromatic carbocycles. The summed E-state index contributed by atoms with van der Waals surface area (Å²) in [6, 6.07) is 9.41. The van der Waals surface area contributed by atoms with Crippen LogP contribution in [0.3, 0.4) is 0 Å². The Kier molecular flexibility index (Phi) is 5.17. The minimum atomic E-state index is -4.52. The van der Waals surface area contributed by atoms with Gasteiger partial charge in [0.25, 0.3) is 20.2 Å². The molecule has 9 nitrogen and oxygen atoms in total. The van der Waals surface area contributed by atoms with Crippen LogP contribution in [0.15, 0.2) is 62.5 Å². The van der Waals surface area contributed by atoms with Crippen molar-refractivity contribution >= 4 is 42.4 Å². The Hall–Kier alpha value is -2.86. The summed E-state index contributed by atoms with van der Waals surface area (Å²) in [5.41, 5.74) is 0.732. The van der Waals surface area contributed by atoms with Gasteiger partial charge in [-0.1, -0.05) is 12.1 Å². The average Bonchev–Trinajstić information content (AvgIpc) is 2.59. The first-order valence-electron chi connectivity index (χ1n) is 8.12. The van der Waals surface area contributed by atoms with Crippen molar-refractivity contribution in [2.45, 2.75) is 23.6 Å². The number of nitrogens with zero attached hydrogens (tertiary/aromatic N) is 2. The number of azo groups is 1. The molecule has 0 saturated heterocycles. The van der Waals surface area contributed by atoms with Crippen molar-refractivity contribution in [1.82, 2.24) is 0 Å². The van der Waals surface area contributed by atoms with Gasteiger partial charge in [-0.05, 0) is 60.7 Å². The lowest BCUT2D eigenvalue weighted by Crippen LogP contribution is -1.99. The summed E-state index contributed by atoms with van der Waals surface area (Å²) < 4.78 is 64.4. The quantitative estimate of drug-likeness (QED) is 0.411. The van der Waals surface area contributed by atoms with Gasteiger partial charge in [0, 0.05) is 5.39 Å². The molecule has 0 fully saturated rings. The van der Waals surface area contributed by atoms with E-state index in [0.29, 0.717) is 21.9 Å². The Balaban J connectivity index is 2.20. The van der Waals surface area contributed by atoms with Crippen LogP contribution in [0.25, 0.3) is 10.8 Å². The van der Waals surface area contributed by atoms with Crippen molar-refractivity contribution in [2.24, 2.45) is 10.2 Å². The highest BCUT2D eigenvalue weighted by atomic mass is 32.2. The first kappa shape index (κ1) is 20.9. The third kappa shape index (κ3) is 4.12. The van der Waals surface area contributed by atoms with Gasteiger partial charge in [-0.3, -0.25) is 9.11 Å². The van der Waals surface area contributed by atoms with Crippen molar-refractivity contribution in [3.63, 3.8) is 0 Å². The highest BCUT2D eigenvalue weighted by Gasteiger charge is 2.18. The van der Waals surface area contributed by atoms with Crippen LogP contribution in [-0.2, 0) is 20.2 Å². The standard InChI is InChI=1S/C18H16N2O7S2/c1-10-8-13(28(22,23)24)9-12-7-11(2)17(18(21)16(10)12)20-19-14-5-3-4-6-15(14)29(25,26)27/h3-9,21H,1-2H3,(H,22,23,24)(H,25,26,27). The summed E-state index contributed by atoms with van der Waals surface area (Å²) in [6.07, 6.45) is 0. The zero-order valence-electron chi connectivity index (χ0n) is 15.2. The highest BCUT2D eigenvalue weighted by Crippen LogP contribution is 2.41. The lowest BCUT2D eigenvalue weighted by molar-refractivity contribution is 0.479. The molecule has 0 unspecified atom stereocenters. The Labute approximate surface area is 166 Å². The third-order valence-corrected chi connectivity index (χ3v) is 5.98. The van der Waals surface area contributed by atoms with Crippen LogP contribution in [-0.4, -0.2) is 31.0 Å². The monoisotopic (exact) mass is 436 g/mol. The van der Waals surface area contributed by atoms with E-state index in [1.54, 1.807) is 19.9 Å². The van der Waals surface area contributed by atoms with Crippen LogP contribution >= 0.6 is 0 Å². The molecule has 0 bridgehead atoms. The second kappa shape index (κ2) is 7.19. The van der Waals surface area contributed by atoms with Gasteiger partial charge in [-0.25, -0.2) is 0 Å². The molecule has 0 aromatic heterocycles. The molecule has 0 aliphatic carbocycles. The number of aryl methyl sites for hydroxylation is 2. The first-order valence-corrected chi connectivity index (χ1v) is 11.0. The van der Waals surface area contributed by atoms with E-state index < -0.39 is 25.1 Å². The lowest BCUT2D eigenvalue weighted by Gasteiger charge is -2.11. The largest absolute Gasteiger partial charge is 0.505 e. The summed E-state index contributed by atoms with van der Waals surface area (Å²) in [5, 5.41) is 19.1. The lowest BCUT2D eigenvalue weighted by atomic mass is 10.0. The SMILES string of the molecule is Cc1cc2cc(S(=O)(=O)O)cc(C)c2c(O)c1N=Nc1ccccc1S(=O)(=O)O. The Bertz CT molecular complexity index is 1380. The van der Waals surface area contributed by atoms with Crippen LogP contribution in [0.5, 0.6) is 5.75 Å². The van der Waals surface area contributed by atoms with Gasteiger partial charge in [-0.2, -0.15) is 16.8 Å². The normalized spacial score (nSPS) is 12.7. The predicted molar refractivity (Wildman–Crippen MR) is 105 cm³/mol. The molecule has 0 saturated carbocycles. The zero-order chi connectivity index (χ0) is 21.6. The summed E-state index contributed by atoms with van der Waals surface area (Å²) in [4.78, 5) is -0.742. The van der Waals surface area contributed by atoms with Crippen LogP contribution in [0.2, 0.25) is 0 Å². The van der Waals surface area contributed by atoms with Crippen molar-refractivity contribution < 1.29 is 31.0 Å². The summed E-state index contributed by atoms with van der Waals surface area (Å²) in [6.45, 7) is 3.15. The van der Waals surface area contributed by atoms with E-state index >= 15 is 0 Å². The van der Waals surface area contributed by atoms with Gasteiger partial charge < -0.3 is 5.11 Å². The zero-order valence-corrected chi connectivity index (χ0v) is 16.9. The van der Waals surface area contributed by atoms with Gasteiger partial charge in [-0.15, -0.1) is 10.2 Å². The maximum atomic E-state index is 11.5. The number of phenols is 1. The molecule has 3 aromatic rings.